The first-order chi connectivity index (χ1) is 9.69. The van der Waals surface area contributed by atoms with Gasteiger partial charge in [-0.3, -0.25) is 0 Å². The zero-order chi connectivity index (χ0) is 14.4. The molecule has 0 bridgehead atoms. The molecule has 20 heavy (non-hydrogen) atoms. The molecule has 1 unspecified atom stereocenters. The van der Waals surface area contributed by atoms with Crippen LogP contribution in [0, 0.1) is 0 Å². The van der Waals surface area contributed by atoms with E-state index in [1.807, 2.05) is 36.4 Å². The average Bonchev–Trinajstić information content (AvgIpc) is 2.48. The van der Waals surface area contributed by atoms with Gasteiger partial charge >= 0.3 is 0 Å². The third kappa shape index (κ3) is 3.98. The minimum Gasteiger partial charge on any atom is -0.497 e. The maximum Gasteiger partial charge on any atom is 0.118 e. The summed E-state index contributed by atoms with van der Waals surface area (Å²) >= 11 is 0. The zero-order valence-electron chi connectivity index (χ0n) is 11.5. The number of hydrogen-bond acceptors (Lipinski definition) is 4. The molecule has 0 saturated carbocycles. The van der Waals surface area contributed by atoms with E-state index in [1.54, 1.807) is 19.2 Å². The van der Waals surface area contributed by atoms with E-state index in [0.717, 1.165) is 16.9 Å². The van der Waals surface area contributed by atoms with Crippen LogP contribution < -0.4 is 10.5 Å². The van der Waals surface area contributed by atoms with E-state index in [9.17, 15) is 5.11 Å². The maximum atomic E-state index is 10.0. The quantitative estimate of drug-likeness (QED) is 0.794. The molecule has 0 aliphatic carbocycles. The van der Waals surface area contributed by atoms with E-state index in [0.29, 0.717) is 12.3 Å². The van der Waals surface area contributed by atoms with Crippen molar-refractivity contribution in [1.82, 2.24) is 0 Å². The normalized spacial score (nSPS) is 12.1. The molecule has 0 amide bonds. The molecule has 0 aromatic heterocycles. The van der Waals surface area contributed by atoms with Crippen LogP contribution in [0.15, 0.2) is 48.5 Å². The number of nitrogen functional groups attached to an aromatic ring is 1. The highest BCUT2D eigenvalue weighted by molar-refractivity contribution is 5.41. The summed E-state index contributed by atoms with van der Waals surface area (Å²) in [5.74, 6) is 0.813. The predicted molar refractivity (Wildman–Crippen MR) is 78.5 cm³/mol. The van der Waals surface area contributed by atoms with Crippen LogP contribution in [0.1, 0.15) is 17.2 Å². The highest BCUT2D eigenvalue weighted by atomic mass is 16.5. The molecule has 106 valence electrons. The van der Waals surface area contributed by atoms with E-state index in [4.69, 9.17) is 15.2 Å². The first kappa shape index (κ1) is 14.4. The Morgan fingerprint density at radius 3 is 2.55 bits per heavy atom. The lowest BCUT2D eigenvalue weighted by Gasteiger charge is -2.12. The van der Waals surface area contributed by atoms with E-state index in [-0.39, 0.29) is 6.61 Å². The zero-order valence-corrected chi connectivity index (χ0v) is 11.5. The van der Waals surface area contributed by atoms with Crippen molar-refractivity contribution < 1.29 is 14.6 Å². The summed E-state index contributed by atoms with van der Waals surface area (Å²) in [4.78, 5) is 0. The summed E-state index contributed by atoms with van der Waals surface area (Å²) in [5, 5.41) is 10.0. The first-order valence-corrected chi connectivity index (χ1v) is 6.43. The second-order valence-electron chi connectivity index (χ2n) is 4.55. The topological polar surface area (TPSA) is 64.7 Å². The van der Waals surface area contributed by atoms with Crippen molar-refractivity contribution in [2.75, 3.05) is 19.5 Å². The third-order valence-corrected chi connectivity index (χ3v) is 3.00. The van der Waals surface area contributed by atoms with Gasteiger partial charge in [-0.05, 0) is 35.4 Å². The third-order valence-electron chi connectivity index (χ3n) is 3.00. The molecule has 0 spiro atoms. The second-order valence-corrected chi connectivity index (χ2v) is 4.55. The van der Waals surface area contributed by atoms with Crippen LogP contribution in [0.5, 0.6) is 5.75 Å². The predicted octanol–water partition coefficient (Wildman–Crippen LogP) is 2.53. The van der Waals surface area contributed by atoms with Gasteiger partial charge in [-0.15, -0.1) is 0 Å². The summed E-state index contributed by atoms with van der Waals surface area (Å²) in [6.07, 6.45) is -0.670. The van der Waals surface area contributed by atoms with Gasteiger partial charge in [-0.1, -0.05) is 24.3 Å². The molecule has 0 fully saturated rings. The van der Waals surface area contributed by atoms with E-state index in [1.165, 1.54) is 0 Å². The van der Waals surface area contributed by atoms with Crippen molar-refractivity contribution in [1.29, 1.82) is 0 Å². The van der Waals surface area contributed by atoms with Crippen LogP contribution in [0.3, 0.4) is 0 Å². The Labute approximate surface area is 118 Å². The molecular weight excluding hydrogens is 254 g/mol. The summed E-state index contributed by atoms with van der Waals surface area (Å²) in [6, 6.07) is 14.8. The molecule has 2 aromatic rings. The van der Waals surface area contributed by atoms with Gasteiger partial charge in [0.25, 0.3) is 0 Å². The molecule has 1 atom stereocenters. The molecule has 2 aromatic carbocycles. The summed E-state index contributed by atoms with van der Waals surface area (Å²) in [5.41, 5.74) is 8.11. The Bertz CT molecular complexity index is 540. The standard InChI is InChI=1S/C16H19NO3/c1-19-15-7-5-12(6-8-15)10-20-11-16(18)13-3-2-4-14(17)9-13/h2-9,16,18H,10-11,17H2,1H3. The number of rotatable bonds is 6. The van der Waals surface area contributed by atoms with Crippen LogP contribution in [0.25, 0.3) is 0 Å². The lowest BCUT2D eigenvalue weighted by Crippen LogP contribution is -2.07. The molecule has 0 aliphatic heterocycles. The maximum absolute atomic E-state index is 10.0. The van der Waals surface area contributed by atoms with E-state index >= 15 is 0 Å². The van der Waals surface area contributed by atoms with Gasteiger partial charge < -0.3 is 20.3 Å². The van der Waals surface area contributed by atoms with Gasteiger partial charge in [0.15, 0.2) is 0 Å². The molecule has 2 rings (SSSR count). The van der Waals surface area contributed by atoms with Crippen molar-refractivity contribution in [2.45, 2.75) is 12.7 Å². The smallest absolute Gasteiger partial charge is 0.118 e. The first-order valence-electron chi connectivity index (χ1n) is 6.43. The molecule has 0 aliphatic rings. The van der Waals surface area contributed by atoms with E-state index < -0.39 is 6.10 Å². The Kier molecular flexibility index (Phi) is 4.98. The van der Waals surface area contributed by atoms with Crippen molar-refractivity contribution in [2.24, 2.45) is 0 Å². The van der Waals surface area contributed by atoms with Gasteiger partial charge in [0.05, 0.1) is 20.3 Å². The van der Waals surface area contributed by atoms with Crippen molar-refractivity contribution in [3.8, 4) is 5.75 Å². The number of aliphatic hydroxyl groups excluding tert-OH is 1. The Hall–Kier alpha value is -2.04. The number of benzene rings is 2. The Balaban J connectivity index is 1.82. The minimum atomic E-state index is -0.670. The van der Waals surface area contributed by atoms with Crippen molar-refractivity contribution >= 4 is 5.69 Å². The van der Waals surface area contributed by atoms with E-state index in [2.05, 4.69) is 0 Å². The van der Waals surface area contributed by atoms with Crippen LogP contribution in [0.2, 0.25) is 0 Å². The highest BCUT2D eigenvalue weighted by Crippen LogP contribution is 2.17. The van der Waals surface area contributed by atoms with Crippen LogP contribution >= 0.6 is 0 Å². The number of aliphatic hydroxyl groups is 1. The Morgan fingerprint density at radius 2 is 1.90 bits per heavy atom. The largest absolute Gasteiger partial charge is 0.497 e. The van der Waals surface area contributed by atoms with Crippen molar-refractivity contribution in [3.63, 3.8) is 0 Å². The number of nitrogens with two attached hydrogens (primary N) is 1. The second kappa shape index (κ2) is 6.93. The van der Waals surface area contributed by atoms with Gasteiger partial charge in [0.1, 0.15) is 11.9 Å². The fourth-order valence-electron chi connectivity index (χ4n) is 1.87. The number of ether oxygens (including phenoxy) is 2. The van der Waals surface area contributed by atoms with Gasteiger partial charge in [-0.25, -0.2) is 0 Å². The Morgan fingerprint density at radius 1 is 1.15 bits per heavy atom. The molecule has 3 N–H and O–H groups in total. The number of hydrogen-bond donors (Lipinski definition) is 2. The van der Waals surface area contributed by atoms with Crippen LogP contribution in [-0.4, -0.2) is 18.8 Å². The summed E-state index contributed by atoms with van der Waals surface area (Å²) in [7, 11) is 1.63. The molecule has 4 heteroatoms. The van der Waals surface area contributed by atoms with Crippen molar-refractivity contribution in [3.05, 3.63) is 59.7 Å². The average molecular weight is 273 g/mol. The molecule has 0 heterocycles. The summed E-state index contributed by atoms with van der Waals surface area (Å²) in [6.45, 7) is 0.679. The van der Waals surface area contributed by atoms with Gasteiger partial charge in [0, 0.05) is 5.69 Å². The molecule has 4 nitrogen and oxygen atoms in total. The fourth-order valence-corrected chi connectivity index (χ4v) is 1.87. The number of anilines is 1. The molecular formula is C16H19NO3. The van der Waals surface area contributed by atoms with Gasteiger partial charge in [-0.2, -0.15) is 0 Å². The minimum absolute atomic E-state index is 0.232. The SMILES string of the molecule is COc1ccc(COCC(O)c2cccc(N)c2)cc1. The van der Waals surface area contributed by atoms with Crippen LogP contribution in [-0.2, 0) is 11.3 Å². The van der Waals surface area contributed by atoms with Gasteiger partial charge in [0.2, 0.25) is 0 Å². The monoisotopic (exact) mass is 273 g/mol. The molecule has 0 radical (unpaired) electrons. The lowest BCUT2D eigenvalue weighted by molar-refractivity contribution is 0.0277. The molecule has 0 saturated heterocycles. The highest BCUT2D eigenvalue weighted by Gasteiger charge is 2.07. The lowest BCUT2D eigenvalue weighted by atomic mass is 10.1. The number of methoxy groups -OCH3 is 1. The summed E-state index contributed by atoms with van der Waals surface area (Å²) < 4.78 is 10.6. The van der Waals surface area contributed by atoms with Crippen LogP contribution in [0.4, 0.5) is 5.69 Å². The fraction of sp³-hybridized carbons (Fsp3) is 0.250.